The molecule has 0 amide bonds. The van der Waals surface area contributed by atoms with Gasteiger partial charge in [-0.15, -0.1) is 0 Å². The lowest BCUT2D eigenvalue weighted by Crippen LogP contribution is -2.86. The normalized spacial score (nSPS) is 23.1. The molecule has 1 aliphatic rings. The van der Waals surface area contributed by atoms with Crippen molar-refractivity contribution in [3.05, 3.63) is 109 Å². The Kier molecular flexibility index (Phi) is 1.83. The molecule has 5 rings (SSSR count). The molecule has 0 N–H and O–H groups in total. The van der Waals surface area contributed by atoms with Gasteiger partial charge in [-0.2, -0.15) is 0 Å². The van der Waals surface area contributed by atoms with E-state index in [9.17, 15) is 5.48 Å². The number of rotatable bonds is 2. The van der Waals surface area contributed by atoms with Gasteiger partial charge in [0.1, 0.15) is 0 Å². The lowest BCUT2D eigenvalue weighted by Gasteiger charge is -2.45. The van der Waals surface area contributed by atoms with E-state index in [4.69, 9.17) is 19.2 Å². The van der Waals surface area contributed by atoms with E-state index in [0.717, 1.165) is 0 Å². The number of benzene rings is 4. The van der Waals surface area contributed by atoms with Crippen LogP contribution in [0.5, 0.6) is 0 Å². The molecule has 146 valence electrons. The van der Waals surface area contributed by atoms with Crippen molar-refractivity contribution >= 4 is 46.5 Å². The van der Waals surface area contributed by atoms with E-state index < -0.39 is 150 Å². The van der Waals surface area contributed by atoms with E-state index in [2.05, 4.69) is 0 Å². The van der Waals surface area contributed by atoms with Crippen LogP contribution in [0.25, 0.3) is 0 Å². The summed E-state index contributed by atoms with van der Waals surface area (Å²) in [4.78, 5) is 0. The third-order valence-corrected chi connectivity index (χ3v) is 9.67. The molecule has 0 radical (unpaired) electrons. The van der Waals surface area contributed by atoms with Gasteiger partial charge >= 0.3 is 0 Å². The fourth-order valence-electron chi connectivity index (χ4n) is 4.30. The highest BCUT2D eigenvalue weighted by molar-refractivity contribution is 7.25. The maximum atomic E-state index is 9.35. The zero-order valence-electron chi connectivity index (χ0n) is 34.6. The fraction of sp³-hybridized carbons (Fsp3) is 0.143. The van der Waals surface area contributed by atoms with Gasteiger partial charge in [0, 0.05) is 0 Å². The van der Waals surface area contributed by atoms with E-state index in [1.807, 2.05) is 0 Å². The van der Waals surface area contributed by atoms with Gasteiger partial charge in [-0.25, -0.2) is 0 Å². The van der Waals surface area contributed by atoms with Crippen molar-refractivity contribution in [3.8, 4) is 0 Å². The molecule has 1 aliphatic heterocycles. The topological polar surface area (TPSA) is 0 Å². The van der Waals surface area contributed by atoms with Crippen molar-refractivity contribution in [3.63, 3.8) is 0 Å². The average Bonchev–Trinajstić information content (AvgIpc) is 3.02. The predicted octanol–water partition coefficient (Wildman–Crippen LogP) is 2.79. The summed E-state index contributed by atoms with van der Waals surface area (Å²) in [5.74, 6) is 0. The van der Waals surface area contributed by atoms with Crippen LogP contribution in [0.3, 0.4) is 0 Å². The molecule has 4 aromatic carbocycles. The Morgan fingerprint density at radius 3 is 1.33 bits per heavy atom. The Morgan fingerprint density at radius 1 is 0.567 bits per heavy atom. The van der Waals surface area contributed by atoms with Crippen molar-refractivity contribution in [1.29, 1.82) is 0 Å². The Balaban J connectivity index is 2.40. The van der Waals surface area contributed by atoms with E-state index in [1.54, 1.807) is 20.8 Å². The fourth-order valence-corrected chi connectivity index (χ4v) is 8.53. The largest absolute Gasteiger partial charge is 0.214 e. The monoisotopic (exact) mass is 420 g/mol. The van der Waals surface area contributed by atoms with Crippen LogP contribution in [-0.2, 0) is 0 Å². The second-order valence-electron chi connectivity index (χ2n) is 8.13. The summed E-state index contributed by atoms with van der Waals surface area (Å²) in [6.07, 6.45) is 0. The van der Waals surface area contributed by atoms with E-state index in [1.165, 1.54) is 0 Å². The van der Waals surface area contributed by atoms with Crippen molar-refractivity contribution in [2.75, 3.05) is 0 Å². The summed E-state index contributed by atoms with van der Waals surface area (Å²) in [5, 5.41) is -3.22. The SMILES string of the molecule is [2H]c1c([2H])c([2H])c([Si]2(c3c([2H])c([2H])c([2H])c([2H])c3[2H])c3c([2H])c([2H])c([2H])c([2H])c3B(C(C)(C)C)c3c([2H])c([2H])c([2H])c([2H])c32)c([2H])c1[2H]. The number of hydrogen-bond donors (Lipinski definition) is 0. The maximum absolute atomic E-state index is 9.35. The van der Waals surface area contributed by atoms with Crippen LogP contribution < -0.4 is 31.7 Å². The molecule has 0 bridgehead atoms. The first-order valence-corrected chi connectivity index (χ1v) is 11.4. The number of fused-ring (bicyclic) bond motifs is 2. The molecular formula is C28H27BSi. The molecule has 4 aromatic rings. The molecule has 0 nitrogen and oxygen atoms in total. The van der Waals surface area contributed by atoms with Crippen molar-refractivity contribution < 1.29 is 24.7 Å². The Labute approximate surface area is 207 Å². The molecule has 0 aliphatic carbocycles. The summed E-state index contributed by atoms with van der Waals surface area (Å²) in [6, 6.07) is -14.9. The van der Waals surface area contributed by atoms with Crippen LogP contribution in [0.4, 0.5) is 0 Å². The van der Waals surface area contributed by atoms with Crippen molar-refractivity contribution in [2.24, 2.45) is 0 Å². The lowest BCUT2D eigenvalue weighted by molar-refractivity contribution is 0.750. The molecule has 0 fully saturated rings. The van der Waals surface area contributed by atoms with Gasteiger partial charge in [0.2, 0.25) is 6.71 Å². The molecule has 0 saturated carbocycles. The first kappa shape index (κ1) is 7.69. The molecule has 0 spiro atoms. The first-order valence-electron chi connectivity index (χ1n) is 18.4. The second kappa shape index (κ2) is 7.14. The summed E-state index contributed by atoms with van der Waals surface area (Å²) in [5.41, 5.74) is -0.423. The summed E-state index contributed by atoms with van der Waals surface area (Å²) in [6.45, 7) is 3.81. The Morgan fingerprint density at radius 2 is 0.933 bits per heavy atom. The van der Waals surface area contributed by atoms with E-state index >= 15 is 0 Å². The molecule has 0 saturated heterocycles. The highest BCUT2D eigenvalue weighted by Gasteiger charge is 2.51. The van der Waals surface area contributed by atoms with Crippen LogP contribution in [0.1, 0.15) is 45.4 Å². The molecule has 2 heteroatoms. The highest BCUT2D eigenvalue weighted by atomic mass is 28.3. The van der Waals surface area contributed by atoms with Gasteiger partial charge in [0.15, 0.2) is 8.07 Å². The molecular weight excluding hydrogens is 375 g/mol. The summed E-state index contributed by atoms with van der Waals surface area (Å²) < 4.78 is 159. The quantitative estimate of drug-likeness (QED) is 0.438. The average molecular weight is 421 g/mol. The first-order chi connectivity index (χ1) is 22.0. The van der Waals surface area contributed by atoms with Gasteiger partial charge in [-0.3, -0.25) is 0 Å². The Hall–Kier alpha value is -2.84. The van der Waals surface area contributed by atoms with Crippen LogP contribution in [0.15, 0.2) is 109 Å². The molecule has 0 aromatic heterocycles. The molecule has 0 atom stereocenters. The smallest absolute Gasteiger partial charge is 0.0732 e. The third kappa shape index (κ3) is 2.74. The summed E-state index contributed by atoms with van der Waals surface area (Å²) >= 11 is 0. The van der Waals surface area contributed by atoms with Crippen molar-refractivity contribution in [2.45, 2.75) is 26.1 Å². The minimum Gasteiger partial charge on any atom is -0.0732 e. The van der Waals surface area contributed by atoms with Gasteiger partial charge in [-0.1, -0.05) is 156 Å². The van der Waals surface area contributed by atoms with Crippen LogP contribution >= 0.6 is 0 Å². The lowest BCUT2D eigenvalue weighted by atomic mass is 9.28. The molecule has 1 heterocycles. The Bertz CT molecular complexity index is 1920. The van der Waals surface area contributed by atoms with Crippen LogP contribution in [0, 0.1) is 0 Å². The maximum Gasteiger partial charge on any atom is 0.214 e. The summed E-state index contributed by atoms with van der Waals surface area (Å²) in [7, 11) is -5.43. The van der Waals surface area contributed by atoms with Crippen LogP contribution in [-0.4, -0.2) is 14.8 Å². The van der Waals surface area contributed by atoms with Gasteiger partial charge in [0.05, 0.1) is 24.7 Å². The van der Waals surface area contributed by atoms with Gasteiger partial charge in [0.25, 0.3) is 0 Å². The second-order valence-corrected chi connectivity index (χ2v) is 11.6. The molecule has 30 heavy (non-hydrogen) atoms. The van der Waals surface area contributed by atoms with Crippen molar-refractivity contribution in [1.82, 2.24) is 0 Å². The minimum absolute atomic E-state index is 0.212. The zero-order valence-corrected chi connectivity index (χ0v) is 17.6. The number of hydrogen-bond acceptors (Lipinski definition) is 0. The zero-order chi connectivity index (χ0) is 36.4. The van der Waals surface area contributed by atoms with E-state index in [0.29, 0.717) is 0 Å². The third-order valence-electron chi connectivity index (χ3n) is 5.38. The van der Waals surface area contributed by atoms with Gasteiger partial charge < -0.3 is 0 Å². The van der Waals surface area contributed by atoms with Gasteiger partial charge in [-0.05, 0) is 10.4 Å². The van der Waals surface area contributed by atoms with Crippen LogP contribution in [0.2, 0.25) is 5.31 Å². The standard InChI is InChI=1S/C28H27BSi/c1-28(2,3)29-24-18-10-12-20-26(24)30(22-14-6-4-7-15-22,23-16-8-5-9-17-23)27-21-13-11-19-25(27)29/h4-21H,1-3H3/i4D,5D,6D,7D,8D,9D,10D,11D,12D,13D,14D,15D,16D,17D,18D,19D,20D,21D. The predicted molar refractivity (Wildman–Crippen MR) is 135 cm³/mol. The highest BCUT2D eigenvalue weighted by Crippen LogP contribution is 2.28. The van der Waals surface area contributed by atoms with E-state index in [-0.39, 0.29) is 10.9 Å². The molecule has 0 unspecified atom stereocenters. The minimum atomic E-state index is -5.43.